The van der Waals surface area contributed by atoms with Gasteiger partial charge in [-0.05, 0) is 43.3 Å². The first kappa shape index (κ1) is 17.9. The van der Waals surface area contributed by atoms with Crippen molar-refractivity contribution in [1.29, 1.82) is 0 Å². The Labute approximate surface area is 154 Å². The van der Waals surface area contributed by atoms with Gasteiger partial charge in [-0.2, -0.15) is 0 Å². The second-order valence-electron chi connectivity index (χ2n) is 5.50. The quantitative estimate of drug-likeness (QED) is 0.506. The molecule has 0 bridgehead atoms. The topological polar surface area (TPSA) is 90.0 Å². The van der Waals surface area contributed by atoms with Crippen LogP contribution in [0.2, 0.25) is 0 Å². The Kier molecular flexibility index (Phi) is 5.52. The number of ketones is 1. The van der Waals surface area contributed by atoms with E-state index >= 15 is 0 Å². The van der Waals surface area contributed by atoms with E-state index in [1.165, 1.54) is 18.7 Å². The van der Waals surface area contributed by atoms with E-state index in [-0.39, 0.29) is 17.4 Å². The lowest BCUT2D eigenvalue weighted by Crippen LogP contribution is -2.07. The summed E-state index contributed by atoms with van der Waals surface area (Å²) in [7, 11) is 0. The molecule has 8 heteroatoms. The third-order valence-corrected chi connectivity index (χ3v) is 4.60. The van der Waals surface area contributed by atoms with Crippen LogP contribution < -0.4 is 5.32 Å². The van der Waals surface area contributed by atoms with Crippen molar-refractivity contribution in [3.8, 4) is 11.6 Å². The van der Waals surface area contributed by atoms with E-state index < -0.39 is 0 Å². The number of anilines is 1. The van der Waals surface area contributed by atoms with Gasteiger partial charge < -0.3 is 9.73 Å². The number of rotatable bonds is 7. The van der Waals surface area contributed by atoms with Gasteiger partial charge in [0.25, 0.3) is 0 Å². The number of furan rings is 1. The van der Waals surface area contributed by atoms with Crippen LogP contribution in [0.25, 0.3) is 11.6 Å². The number of thioether (sulfide) groups is 1. The van der Waals surface area contributed by atoms with Gasteiger partial charge in [-0.25, -0.2) is 0 Å². The highest BCUT2D eigenvalue weighted by Gasteiger charge is 2.16. The highest BCUT2D eigenvalue weighted by molar-refractivity contribution is 7.99. The number of hydrogen-bond acceptors (Lipinski definition) is 6. The Morgan fingerprint density at radius 3 is 2.58 bits per heavy atom. The Morgan fingerprint density at radius 1 is 1.19 bits per heavy atom. The monoisotopic (exact) mass is 370 g/mol. The van der Waals surface area contributed by atoms with E-state index in [0.717, 1.165) is 0 Å². The molecule has 1 aromatic carbocycles. The summed E-state index contributed by atoms with van der Waals surface area (Å²) in [5.41, 5.74) is 1.25. The molecule has 0 atom stereocenters. The van der Waals surface area contributed by atoms with Crippen LogP contribution in [0.3, 0.4) is 0 Å². The first-order valence-corrected chi connectivity index (χ1v) is 9.07. The second kappa shape index (κ2) is 8.01. The first-order valence-electron chi connectivity index (χ1n) is 8.09. The molecule has 3 aromatic rings. The molecule has 0 spiro atoms. The van der Waals surface area contributed by atoms with Gasteiger partial charge in [0.1, 0.15) is 0 Å². The van der Waals surface area contributed by atoms with Crippen LogP contribution in [-0.2, 0) is 11.3 Å². The normalized spacial score (nSPS) is 10.7. The van der Waals surface area contributed by atoms with Crippen molar-refractivity contribution in [3.63, 3.8) is 0 Å². The molecule has 0 unspecified atom stereocenters. The van der Waals surface area contributed by atoms with Gasteiger partial charge >= 0.3 is 0 Å². The lowest BCUT2D eigenvalue weighted by Gasteiger charge is -2.06. The maximum absolute atomic E-state index is 12.4. The Hall–Kier alpha value is -2.87. The molecule has 7 nitrogen and oxygen atoms in total. The first-order chi connectivity index (χ1) is 12.6. The third kappa shape index (κ3) is 4.02. The van der Waals surface area contributed by atoms with Gasteiger partial charge in [0.15, 0.2) is 22.5 Å². The fourth-order valence-corrected chi connectivity index (χ4v) is 3.32. The second-order valence-corrected chi connectivity index (χ2v) is 6.44. The van der Waals surface area contributed by atoms with Gasteiger partial charge in [-0.3, -0.25) is 14.2 Å². The molecule has 0 aliphatic rings. The maximum atomic E-state index is 12.4. The molecule has 134 valence electrons. The lowest BCUT2D eigenvalue weighted by atomic mass is 10.1. The molecule has 0 saturated carbocycles. The summed E-state index contributed by atoms with van der Waals surface area (Å²) in [5, 5.41) is 11.7. The molecule has 0 fully saturated rings. The van der Waals surface area contributed by atoms with Crippen molar-refractivity contribution in [2.24, 2.45) is 0 Å². The molecule has 1 amide bonds. The van der Waals surface area contributed by atoms with E-state index in [0.29, 0.717) is 34.5 Å². The number of hydrogen-bond donors (Lipinski definition) is 1. The zero-order valence-corrected chi connectivity index (χ0v) is 15.2. The fourth-order valence-electron chi connectivity index (χ4n) is 2.42. The minimum absolute atomic E-state index is 0.0189. The van der Waals surface area contributed by atoms with Gasteiger partial charge in [0, 0.05) is 24.7 Å². The molecule has 1 N–H and O–H groups in total. The summed E-state index contributed by atoms with van der Waals surface area (Å²) < 4.78 is 7.29. The Balaban J connectivity index is 1.67. The van der Waals surface area contributed by atoms with E-state index in [2.05, 4.69) is 15.5 Å². The van der Waals surface area contributed by atoms with Crippen LogP contribution in [0.4, 0.5) is 5.69 Å². The average Bonchev–Trinajstić information content (AvgIpc) is 3.28. The molecule has 26 heavy (non-hydrogen) atoms. The molecule has 0 aliphatic carbocycles. The highest BCUT2D eigenvalue weighted by atomic mass is 32.2. The molecular weight excluding hydrogens is 352 g/mol. The zero-order chi connectivity index (χ0) is 18.5. The summed E-state index contributed by atoms with van der Waals surface area (Å²) in [5.74, 6) is 1.37. The molecule has 2 aromatic heterocycles. The Bertz CT molecular complexity index is 901. The molecule has 3 rings (SSSR count). The van der Waals surface area contributed by atoms with Crippen LogP contribution in [0.5, 0.6) is 0 Å². The van der Waals surface area contributed by atoms with Crippen molar-refractivity contribution in [3.05, 3.63) is 48.2 Å². The standard InChI is InChI=1S/C18H18N4O3S/c1-3-22-17(16-5-4-10-25-16)20-21-18(22)26-11-15(24)13-6-8-14(9-7-13)19-12(2)23/h4-10H,3,11H2,1-2H3,(H,19,23). The van der Waals surface area contributed by atoms with Gasteiger partial charge in [-0.15, -0.1) is 10.2 Å². The average molecular weight is 370 g/mol. The molecule has 0 aliphatic heterocycles. The summed E-state index contributed by atoms with van der Waals surface area (Å²) in [4.78, 5) is 23.4. The van der Waals surface area contributed by atoms with Crippen molar-refractivity contribution in [2.45, 2.75) is 25.5 Å². The minimum atomic E-state index is -0.147. The van der Waals surface area contributed by atoms with Gasteiger partial charge in [0.05, 0.1) is 12.0 Å². The Morgan fingerprint density at radius 2 is 1.96 bits per heavy atom. The van der Waals surface area contributed by atoms with Crippen molar-refractivity contribution in [1.82, 2.24) is 14.8 Å². The summed E-state index contributed by atoms with van der Waals surface area (Å²) in [6, 6.07) is 10.4. The smallest absolute Gasteiger partial charge is 0.221 e. The SMILES string of the molecule is CCn1c(SCC(=O)c2ccc(NC(C)=O)cc2)nnc1-c1ccco1. The predicted molar refractivity (Wildman–Crippen MR) is 99.2 cm³/mol. The van der Waals surface area contributed by atoms with Crippen LogP contribution >= 0.6 is 11.8 Å². The van der Waals surface area contributed by atoms with E-state index in [4.69, 9.17) is 4.42 Å². The largest absolute Gasteiger partial charge is 0.461 e. The lowest BCUT2D eigenvalue weighted by molar-refractivity contribution is -0.114. The van der Waals surface area contributed by atoms with Crippen molar-refractivity contribution in [2.75, 3.05) is 11.1 Å². The number of carbonyl (C=O) groups excluding carboxylic acids is 2. The van der Waals surface area contributed by atoms with E-state index in [9.17, 15) is 9.59 Å². The van der Waals surface area contributed by atoms with Gasteiger partial charge in [0.2, 0.25) is 5.91 Å². The van der Waals surface area contributed by atoms with Crippen LogP contribution in [-0.4, -0.2) is 32.2 Å². The maximum Gasteiger partial charge on any atom is 0.221 e. The number of nitrogens with zero attached hydrogens (tertiary/aromatic N) is 3. The van der Waals surface area contributed by atoms with E-state index in [1.807, 2.05) is 17.6 Å². The molecular formula is C18H18N4O3S. The number of benzene rings is 1. The molecule has 0 radical (unpaired) electrons. The third-order valence-electron chi connectivity index (χ3n) is 3.63. The predicted octanol–water partition coefficient (Wildman–Crippen LogP) is 3.49. The summed E-state index contributed by atoms with van der Waals surface area (Å²) >= 11 is 1.34. The number of Topliss-reactive ketones (excluding diaryl/α,β-unsaturated/α-hetero) is 1. The number of aromatic nitrogens is 3. The fraction of sp³-hybridized carbons (Fsp3) is 0.222. The van der Waals surface area contributed by atoms with Crippen molar-refractivity contribution < 1.29 is 14.0 Å². The number of carbonyl (C=O) groups is 2. The van der Waals surface area contributed by atoms with Crippen LogP contribution in [0.1, 0.15) is 24.2 Å². The van der Waals surface area contributed by atoms with Gasteiger partial charge in [-0.1, -0.05) is 11.8 Å². The summed E-state index contributed by atoms with van der Waals surface area (Å²) in [6.45, 7) is 4.10. The van der Waals surface area contributed by atoms with E-state index in [1.54, 1.807) is 36.6 Å². The molecule has 0 saturated heterocycles. The van der Waals surface area contributed by atoms with Crippen molar-refractivity contribution >= 4 is 29.1 Å². The number of nitrogens with one attached hydrogen (secondary N) is 1. The minimum Gasteiger partial charge on any atom is -0.461 e. The van der Waals surface area contributed by atoms with Crippen LogP contribution in [0, 0.1) is 0 Å². The summed E-state index contributed by atoms with van der Waals surface area (Å²) in [6.07, 6.45) is 1.59. The highest BCUT2D eigenvalue weighted by Crippen LogP contribution is 2.25. The zero-order valence-electron chi connectivity index (χ0n) is 14.4. The van der Waals surface area contributed by atoms with Crippen LogP contribution in [0.15, 0.2) is 52.2 Å². The molecule has 2 heterocycles. The number of amides is 1.